The number of hydrogen-bond acceptors (Lipinski definition) is 3. The van der Waals surface area contributed by atoms with Gasteiger partial charge in [0.2, 0.25) is 5.91 Å². The Labute approximate surface area is 127 Å². The number of benzene rings is 2. The molecule has 20 heavy (non-hydrogen) atoms. The van der Waals surface area contributed by atoms with Crippen LogP contribution in [-0.2, 0) is 4.79 Å². The van der Waals surface area contributed by atoms with Gasteiger partial charge in [0.15, 0.2) is 0 Å². The average Bonchev–Trinajstić information content (AvgIpc) is 2.43. The predicted molar refractivity (Wildman–Crippen MR) is 86.4 cm³/mol. The number of carbonyl (C=O) groups is 1. The molecule has 0 atom stereocenters. The van der Waals surface area contributed by atoms with Gasteiger partial charge in [-0.05, 0) is 37.3 Å². The van der Waals surface area contributed by atoms with Crippen molar-refractivity contribution in [1.29, 1.82) is 0 Å². The maximum Gasteiger partial charge on any atom is 0.234 e. The zero-order valence-electron chi connectivity index (χ0n) is 11.0. The van der Waals surface area contributed by atoms with Crippen LogP contribution in [-0.4, -0.2) is 11.7 Å². The SMILES string of the molecule is Cc1ccc(NC(=O)CSc2ccc(N)c(Cl)c2)cc1. The highest BCUT2D eigenvalue weighted by molar-refractivity contribution is 8.00. The summed E-state index contributed by atoms with van der Waals surface area (Å²) in [6.07, 6.45) is 0. The number of hydrogen-bond donors (Lipinski definition) is 2. The number of rotatable bonds is 4. The summed E-state index contributed by atoms with van der Waals surface area (Å²) >= 11 is 7.36. The van der Waals surface area contributed by atoms with Crippen LogP contribution in [0, 0.1) is 6.92 Å². The Morgan fingerprint density at radius 3 is 2.60 bits per heavy atom. The monoisotopic (exact) mass is 306 g/mol. The summed E-state index contributed by atoms with van der Waals surface area (Å²) in [5, 5.41) is 3.36. The third-order valence-corrected chi connectivity index (χ3v) is 4.00. The Hall–Kier alpha value is -1.65. The van der Waals surface area contributed by atoms with Crippen LogP contribution in [0.2, 0.25) is 5.02 Å². The van der Waals surface area contributed by atoms with Crippen LogP contribution in [0.5, 0.6) is 0 Å². The van der Waals surface area contributed by atoms with Crippen LogP contribution in [0.25, 0.3) is 0 Å². The fraction of sp³-hybridized carbons (Fsp3) is 0.133. The highest BCUT2D eigenvalue weighted by atomic mass is 35.5. The summed E-state index contributed by atoms with van der Waals surface area (Å²) in [5.41, 5.74) is 8.14. The van der Waals surface area contributed by atoms with Gasteiger partial charge in [0.1, 0.15) is 0 Å². The summed E-state index contributed by atoms with van der Waals surface area (Å²) < 4.78 is 0. The largest absolute Gasteiger partial charge is 0.398 e. The third kappa shape index (κ3) is 4.18. The predicted octanol–water partition coefficient (Wildman–Crippen LogP) is 3.96. The van der Waals surface area contributed by atoms with Gasteiger partial charge in [0.25, 0.3) is 0 Å². The second-order valence-corrected chi connectivity index (χ2v) is 5.84. The molecule has 104 valence electrons. The molecule has 2 aromatic carbocycles. The van der Waals surface area contributed by atoms with Crippen LogP contribution in [0.15, 0.2) is 47.4 Å². The highest BCUT2D eigenvalue weighted by Crippen LogP contribution is 2.26. The lowest BCUT2D eigenvalue weighted by atomic mass is 10.2. The molecule has 5 heteroatoms. The first-order valence-corrected chi connectivity index (χ1v) is 7.45. The van der Waals surface area contributed by atoms with Crippen molar-refractivity contribution in [3.63, 3.8) is 0 Å². The Morgan fingerprint density at radius 2 is 1.95 bits per heavy atom. The molecule has 2 aromatic rings. The number of nitrogens with two attached hydrogens (primary N) is 1. The number of aryl methyl sites for hydroxylation is 1. The Balaban J connectivity index is 1.88. The van der Waals surface area contributed by atoms with Crippen molar-refractivity contribution in [2.24, 2.45) is 0 Å². The van der Waals surface area contributed by atoms with E-state index in [1.165, 1.54) is 11.8 Å². The molecule has 0 aliphatic rings. The van der Waals surface area contributed by atoms with Crippen molar-refractivity contribution >= 4 is 40.6 Å². The van der Waals surface area contributed by atoms with Gasteiger partial charge in [-0.15, -0.1) is 11.8 Å². The molecule has 2 rings (SSSR count). The zero-order valence-corrected chi connectivity index (χ0v) is 12.6. The van der Waals surface area contributed by atoms with Gasteiger partial charge in [0, 0.05) is 10.6 Å². The van der Waals surface area contributed by atoms with E-state index in [0.29, 0.717) is 16.5 Å². The molecule has 0 aliphatic heterocycles. The van der Waals surface area contributed by atoms with Crippen LogP contribution in [0.3, 0.4) is 0 Å². The van der Waals surface area contributed by atoms with Crippen LogP contribution in [0.4, 0.5) is 11.4 Å². The van der Waals surface area contributed by atoms with Crippen molar-refractivity contribution in [1.82, 2.24) is 0 Å². The molecule has 1 amide bonds. The minimum absolute atomic E-state index is 0.0493. The van der Waals surface area contributed by atoms with Crippen molar-refractivity contribution in [3.8, 4) is 0 Å². The van der Waals surface area contributed by atoms with Gasteiger partial charge in [-0.3, -0.25) is 4.79 Å². The number of carbonyl (C=O) groups excluding carboxylic acids is 1. The van der Waals surface area contributed by atoms with Crippen molar-refractivity contribution < 1.29 is 4.79 Å². The quantitative estimate of drug-likeness (QED) is 0.664. The average molecular weight is 307 g/mol. The summed E-state index contributed by atoms with van der Waals surface area (Å²) in [4.78, 5) is 12.8. The molecule has 0 saturated carbocycles. The second kappa shape index (κ2) is 6.68. The van der Waals surface area contributed by atoms with Gasteiger partial charge in [-0.25, -0.2) is 0 Å². The molecule has 0 aliphatic carbocycles. The van der Waals surface area contributed by atoms with E-state index in [0.717, 1.165) is 16.1 Å². The number of thioether (sulfide) groups is 1. The topological polar surface area (TPSA) is 55.1 Å². The van der Waals surface area contributed by atoms with E-state index < -0.39 is 0 Å². The number of halogens is 1. The molecule has 3 N–H and O–H groups in total. The van der Waals surface area contributed by atoms with Crippen molar-refractivity contribution in [2.75, 3.05) is 16.8 Å². The Bertz CT molecular complexity index is 614. The number of amides is 1. The molecular weight excluding hydrogens is 292 g/mol. The van der Waals surface area contributed by atoms with Crippen molar-refractivity contribution in [2.45, 2.75) is 11.8 Å². The van der Waals surface area contributed by atoms with Gasteiger partial charge < -0.3 is 11.1 Å². The number of anilines is 2. The highest BCUT2D eigenvalue weighted by Gasteiger charge is 2.05. The minimum Gasteiger partial charge on any atom is -0.398 e. The van der Waals surface area contributed by atoms with E-state index in [1.54, 1.807) is 12.1 Å². The first-order chi connectivity index (χ1) is 9.54. The standard InChI is InChI=1S/C15H15ClN2OS/c1-10-2-4-11(5-3-10)18-15(19)9-20-12-6-7-14(17)13(16)8-12/h2-8H,9,17H2,1H3,(H,18,19). The lowest BCUT2D eigenvalue weighted by Gasteiger charge is -2.06. The van der Waals surface area contributed by atoms with E-state index in [1.807, 2.05) is 37.3 Å². The summed E-state index contributed by atoms with van der Waals surface area (Å²) in [6.45, 7) is 2.01. The fourth-order valence-corrected chi connectivity index (χ4v) is 2.56. The van der Waals surface area contributed by atoms with E-state index in [9.17, 15) is 4.79 Å². The Kier molecular flexibility index (Phi) is 4.93. The van der Waals surface area contributed by atoms with E-state index in [2.05, 4.69) is 5.32 Å². The summed E-state index contributed by atoms with van der Waals surface area (Å²) in [5.74, 6) is 0.278. The normalized spacial score (nSPS) is 10.3. The smallest absolute Gasteiger partial charge is 0.234 e. The third-order valence-electron chi connectivity index (χ3n) is 2.68. The molecule has 0 spiro atoms. The lowest BCUT2D eigenvalue weighted by Crippen LogP contribution is -2.13. The van der Waals surface area contributed by atoms with Crippen LogP contribution in [0.1, 0.15) is 5.56 Å². The number of nitrogen functional groups attached to an aromatic ring is 1. The van der Waals surface area contributed by atoms with Gasteiger partial charge >= 0.3 is 0 Å². The van der Waals surface area contributed by atoms with Crippen LogP contribution < -0.4 is 11.1 Å². The zero-order chi connectivity index (χ0) is 14.5. The van der Waals surface area contributed by atoms with E-state index >= 15 is 0 Å². The molecule has 0 unspecified atom stereocenters. The molecule has 0 fully saturated rings. The summed E-state index contributed by atoms with van der Waals surface area (Å²) in [6, 6.07) is 13.1. The molecule has 3 nitrogen and oxygen atoms in total. The van der Waals surface area contributed by atoms with E-state index in [-0.39, 0.29) is 5.91 Å². The van der Waals surface area contributed by atoms with Crippen molar-refractivity contribution in [3.05, 3.63) is 53.1 Å². The minimum atomic E-state index is -0.0493. The molecule has 0 saturated heterocycles. The molecule has 0 radical (unpaired) electrons. The van der Waals surface area contributed by atoms with E-state index in [4.69, 9.17) is 17.3 Å². The molecule has 0 bridgehead atoms. The first-order valence-electron chi connectivity index (χ1n) is 6.09. The van der Waals surface area contributed by atoms with Gasteiger partial charge in [-0.2, -0.15) is 0 Å². The first kappa shape index (κ1) is 14.8. The molecule has 0 aromatic heterocycles. The Morgan fingerprint density at radius 1 is 1.25 bits per heavy atom. The number of nitrogens with one attached hydrogen (secondary N) is 1. The molecular formula is C15H15ClN2OS. The second-order valence-electron chi connectivity index (χ2n) is 4.39. The fourth-order valence-electron chi connectivity index (χ4n) is 1.58. The van der Waals surface area contributed by atoms with Gasteiger partial charge in [-0.1, -0.05) is 29.3 Å². The lowest BCUT2D eigenvalue weighted by molar-refractivity contribution is -0.113. The van der Waals surface area contributed by atoms with Gasteiger partial charge in [0.05, 0.1) is 16.5 Å². The maximum atomic E-state index is 11.8. The van der Waals surface area contributed by atoms with Crippen LogP contribution >= 0.6 is 23.4 Å². The maximum absolute atomic E-state index is 11.8. The molecule has 0 heterocycles. The summed E-state index contributed by atoms with van der Waals surface area (Å²) in [7, 11) is 0.